The summed E-state index contributed by atoms with van der Waals surface area (Å²) in [5, 5.41) is 2.49. The van der Waals surface area contributed by atoms with Crippen LogP contribution in [0.15, 0.2) is 0 Å². The quantitative estimate of drug-likeness (QED) is 0.642. The van der Waals surface area contributed by atoms with Crippen molar-refractivity contribution in [3.05, 3.63) is 0 Å². The number of rotatable bonds is 5. The molecule has 0 rings (SSSR count). The van der Waals surface area contributed by atoms with Crippen LogP contribution in [0.2, 0.25) is 0 Å². The first-order valence-electron chi connectivity index (χ1n) is 4.39. The van der Waals surface area contributed by atoms with E-state index in [0.717, 1.165) is 0 Å². The predicted molar refractivity (Wildman–Crippen MR) is 49.8 cm³/mol. The van der Waals surface area contributed by atoms with Crippen molar-refractivity contribution >= 4 is 12.2 Å². The molecule has 0 radical (unpaired) electrons. The van der Waals surface area contributed by atoms with Gasteiger partial charge in [0.15, 0.2) is 0 Å². The summed E-state index contributed by atoms with van der Waals surface area (Å²) in [6, 6.07) is 0. The van der Waals surface area contributed by atoms with Gasteiger partial charge >= 0.3 is 12.2 Å². The largest absolute Gasteiger partial charge is 0.450 e. The minimum atomic E-state index is -0.810. The third-order valence-corrected chi connectivity index (χ3v) is 1.18. The number of hydrogen-bond donors (Lipinski definition) is 2. The second-order valence-corrected chi connectivity index (χ2v) is 2.90. The van der Waals surface area contributed by atoms with Crippen molar-refractivity contribution < 1.29 is 19.1 Å². The highest BCUT2D eigenvalue weighted by Crippen LogP contribution is 1.88. The Balaban J connectivity index is 3.27. The first-order chi connectivity index (χ1) is 6.52. The maximum absolute atomic E-state index is 10.9. The Bertz CT molecular complexity index is 194. The number of alkyl carbamates (subject to hydrolysis) is 1. The van der Waals surface area contributed by atoms with Crippen molar-refractivity contribution in [1.82, 2.24) is 5.32 Å². The van der Waals surface area contributed by atoms with Crippen molar-refractivity contribution in [2.45, 2.75) is 26.4 Å². The maximum Gasteiger partial charge on any atom is 0.407 e. The van der Waals surface area contributed by atoms with Crippen LogP contribution in [0.5, 0.6) is 0 Å². The standard InChI is InChI=1S/C8H16N2O4/c1-6(2)14-8(12)10-4-3-5-13-7(9)11/h6H,3-5H2,1-2H3,(H2,9,11)(H,10,12). The SMILES string of the molecule is CC(C)OC(=O)NCCCOC(N)=O. The average Bonchev–Trinajstić information content (AvgIpc) is 2.01. The summed E-state index contributed by atoms with van der Waals surface area (Å²) in [5.74, 6) is 0. The number of ether oxygens (including phenoxy) is 2. The van der Waals surface area contributed by atoms with Crippen LogP contribution in [0.4, 0.5) is 9.59 Å². The van der Waals surface area contributed by atoms with Crippen LogP contribution in [0.3, 0.4) is 0 Å². The fourth-order valence-corrected chi connectivity index (χ4v) is 0.691. The van der Waals surface area contributed by atoms with Gasteiger partial charge in [-0.05, 0) is 20.3 Å². The normalized spacial score (nSPS) is 9.64. The molecule has 14 heavy (non-hydrogen) atoms. The molecule has 0 spiro atoms. The lowest BCUT2D eigenvalue weighted by Gasteiger charge is -2.08. The highest BCUT2D eigenvalue weighted by atomic mass is 16.6. The number of nitrogens with two attached hydrogens (primary N) is 1. The van der Waals surface area contributed by atoms with Crippen molar-refractivity contribution in [2.24, 2.45) is 5.73 Å². The fourth-order valence-electron chi connectivity index (χ4n) is 0.691. The van der Waals surface area contributed by atoms with Crippen molar-refractivity contribution in [3.63, 3.8) is 0 Å². The summed E-state index contributed by atoms with van der Waals surface area (Å²) in [6.07, 6.45) is -0.915. The highest BCUT2D eigenvalue weighted by molar-refractivity contribution is 5.67. The smallest absolute Gasteiger partial charge is 0.407 e. The molecule has 0 aliphatic carbocycles. The van der Waals surface area contributed by atoms with Gasteiger partial charge in [0.05, 0.1) is 12.7 Å². The molecule has 0 saturated heterocycles. The van der Waals surface area contributed by atoms with Crippen LogP contribution in [-0.4, -0.2) is 31.4 Å². The summed E-state index contributed by atoms with van der Waals surface area (Å²) in [4.78, 5) is 21.0. The van der Waals surface area contributed by atoms with Crippen LogP contribution < -0.4 is 11.1 Å². The molecule has 2 amide bonds. The first-order valence-corrected chi connectivity index (χ1v) is 4.39. The van der Waals surface area contributed by atoms with E-state index >= 15 is 0 Å². The molecule has 0 fully saturated rings. The minimum Gasteiger partial charge on any atom is -0.450 e. The maximum atomic E-state index is 10.9. The number of nitrogens with one attached hydrogen (secondary N) is 1. The van der Waals surface area contributed by atoms with E-state index in [2.05, 4.69) is 10.1 Å². The molecule has 0 aliphatic rings. The zero-order chi connectivity index (χ0) is 11.0. The molecule has 0 unspecified atom stereocenters. The van der Waals surface area contributed by atoms with E-state index in [1.807, 2.05) is 0 Å². The molecule has 3 N–H and O–H groups in total. The average molecular weight is 204 g/mol. The van der Waals surface area contributed by atoms with Crippen molar-refractivity contribution in [1.29, 1.82) is 0 Å². The van der Waals surface area contributed by atoms with Gasteiger partial charge in [-0.25, -0.2) is 9.59 Å². The zero-order valence-electron chi connectivity index (χ0n) is 8.41. The Labute approximate surface area is 82.7 Å². The molecule has 6 heteroatoms. The Kier molecular flexibility index (Phi) is 6.26. The van der Waals surface area contributed by atoms with Gasteiger partial charge in [0.2, 0.25) is 0 Å². The van der Waals surface area contributed by atoms with Gasteiger partial charge in [0.25, 0.3) is 0 Å². The molecule has 0 aromatic rings. The Morgan fingerprint density at radius 3 is 2.57 bits per heavy atom. The van der Waals surface area contributed by atoms with Gasteiger partial charge in [-0.15, -0.1) is 0 Å². The topological polar surface area (TPSA) is 90.7 Å². The van der Waals surface area contributed by atoms with Crippen molar-refractivity contribution in [3.8, 4) is 0 Å². The third kappa shape index (κ3) is 8.63. The van der Waals surface area contributed by atoms with Crippen LogP contribution in [0.25, 0.3) is 0 Å². The van der Waals surface area contributed by atoms with Gasteiger partial charge in [0.1, 0.15) is 0 Å². The van der Waals surface area contributed by atoms with Gasteiger partial charge < -0.3 is 20.5 Å². The summed E-state index contributed by atoms with van der Waals surface area (Å²) >= 11 is 0. The Morgan fingerprint density at radius 2 is 2.07 bits per heavy atom. The number of carbonyl (C=O) groups excluding carboxylic acids is 2. The second-order valence-electron chi connectivity index (χ2n) is 2.90. The van der Waals surface area contributed by atoms with Gasteiger partial charge in [-0.2, -0.15) is 0 Å². The highest BCUT2D eigenvalue weighted by Gasteiger charge is 2.03. The summed E-state index contributed by atoms with van der Waals surface area (Å²) in [6.45, 7) is 4.10. The molecule has 0 atom stereocenters. The predicted octanol–water partition coefficient (Wildman–Crippen LogP) is 0.606. The third-order valence-electron chi connectivity index (χ3n) is 1.18. The van der Waals surface area contributed by atoms with E-state index in [1.165, 1.54) is 0 Å². The van der Waals surface area contributed by atoms with Gasteiger partial charge in [0, 0.05) is 6.54 Å². The lowest BCUT2D eigenvalue weighted by atomic mass is 10.4. The molecule has 0 aromatic carbocycles. The van der Waals surface area contributed by atoms with Crippen LogP contribution in [0.1, 0.15) is 20.3 Å². The van der Waals surface area contributed by atoms with Crippen LogP contribution in [-0.2, 0) is 9.47 Å². The summed E-state index contributed by atoms with van der Waals surface area (Å²) < 4.78 is 9.25. The van der Waals surface area contributed by atoms with E-state index in [0.29, 0.717) is 13.0 Å². The van der Waals surface area contributed by atoms with Crippen LogP contribution in [0, 0.1) is 0 Å². The molecule has 0 heterocycles. The summed E-state index contributed by atoms with van der Waals surface area (Å²) in [5.41, 5.74) is 4.73. The Hall–Kier alpha value is -1.46. The lowest BCUT2D eigenvalue weighted by Crippen LogP contribution is -2.28. The molecule has 6 nitrogen and oxygen atoms in total. The number of carbonyl (C=O) groups is 2. The van der Waals surface area contributed by atoms with Gasteiger partial charge in [-0.3, -0.25) is 0 Å². The monoisotopic (exact) mass is 204 g/mol. The number of hydrogen-bond acceptors (Lipinski definition) is 4. The molecule has 0 aliphatic heterocycles. The number of amides is 2. The molecular formula is C8H16N2O4. The molecule has 0 aromatic heterocycles. The number of primary amides is 1. The zero-order valence-corrected chi connectivity index (χ0v) is 8.41. The molecule has 0 saturated carbocycles. The van der Waals surface area contributed by atoms with E-state index in [1.54, 1.807) is 13.8 Å². The fraction of sp³-hybridized carbons (Fsp3) is 0.750. The van der Waals surface area contributed by atoms with Crippen molar-refractivity contribution in [2.75, 3.05) is 13.2 Å². The second kappa shape index (κ2) is 6.99. The molecule has 82 valence electrons. The van der Waals surface area contributed by atoms with Gasteiger partial charge in [-0.1, -0.05) is 0 Å². The molecule has 0 bridgehead atoms. The van der Waals surface area contributed by atoms with E-state index < -0.39 is 12.2 Å². The molecular weight excluding hydrogens is 188 g/mol. The first kappa shape index (κ1) is 12.5. The lowest BCUT2D eigenvalue weighted by molar-refractivity contribution is 0.114. The summed E-state index contributed by atoms with van der Waals surface area (Å²) in [7, 11) is 0. The van der Waals surface area contributed by atoms with Crippen LogP contribution >= 0.6 is 0 Å². The minimum absolute atomic E-state index is 0.142. The van der Waals surface area contributed by atoms with E-state index in [9.17, 15) is 9.59 Å². The Morgan fingerprint density at radius 1 is 1.43 bits per heavy atom. The van der Waals surface area contributed by atoms with E-state index in [4.69, 9.17) is 10.5 Å². The van der Waals surface area contributed by atoms with E-state index in [-0.39, 0.29) is 12.7 Å².